The number of hydrogen-bond donors (Lipinski definition) is 0. The Morgan fingerprint density at radius 3 is 1.20 bits per heavy atom. The molecule has 0 radical (unpaired) electrons. The molecular formula is C88H84B2N2O2. The summed E-state index contributed by atoms with van der Waals surface area (Å²) in [5, 5.41) is 0. The van der Waals surface area contributed by atoms with Crippen LogP contribution in [0, 0.1) is 5.92 Å². The summed E-state index contributed by atoms with van der Waals surface area (Å²) in [7, 11) is 0. The fourth-order valence-corrected chi connectivity index (χ4v) is 15.1. The van der Waals surface area contributed by atoms with Crippen LogP contribution >= 0.6 is 0 Å². The summed E-state index contributed by atoms with van der Waals surface area (Å²) >= 11 is 0. The van der Waals surface area contributed by atoms with Crippen LogP contribution in [0.5, 0.6) is 23.0 Å². The van der Waals surface area contributed by atoms with E-state index in [0.29, 0.717) is 0 Å². The van der Waals surface area contributed by atoms with E-state index in [4.69, 9.17) is 9.47 Å². The minimum absolute atomic E-state index is 0.0887. The first-order valence-electron chi connectivity index (χ1n) is 33.9. The molecule has 0 unspecified atom stereocenters. The summed E-state index contributed by atoms with van der Waals surface area (Å²) in [5.74, 6) is 3.67. The molecule has 0 fully saturated rings. The van der Waals surface area contributed by atoms with Gasteiger partial charge in [0.05, 0.1) is 5.69 Å². The molecule has 0 amide bonds. The van der Waals surface area contributed by atoms with Gasteiger partial charge in [0.25, 0.3) is 13.4 Å². The number of nitrogens with zero attached hydrogens (tertiary/aromatic N) is 2. The number of allylic oxidation sites excluding steroid dienone is 2. The van der Waals surface area contributed by atoms with Gasteiger partial charge in [0, 0.05) is 39.6 Å². The van der Waals surface area contributed by atoms with Crippen LogP contribution in [0.2, 0.25) is 0 Å². The highest BCUT2D eigenvalue weighted by Gasteiger charge is 2.49. The Balaban J connectivity index is 1.10. The summed E-state index contributed by atoms with van der Waals surface area (Å²) < 4.78 is 15.2. The largest absolute Gasteiger partial charge is 0.458 e. The molecule has 11 aromatic carbocycles. The fraction of sp³-hybridized carbons (Fsp3) is 0.227. The van der Waals surface area contributed by atoms with Crippen molar-refractivity contribution in [3.8, 4) is 78.6 Å². The van der Waals surface area contributed by atoms with E-state index in [2.05, 4.69) is 344 Å². The monoisotopic (exact) mass is 1220 g/mol. The lowest BCUT2D eigenvalue weighted by Crippen LogP contribution is -2.64. The van der Waals surface area contributed by atoms with Crippen LogP contribution in [0.15, 0.2) is 236 Å². The van der Waals surface area contributed by atoms with E-state index in [1.807, 2.05) is 0 Å². The van der Waals surface area contributed by atoms with E-state index in [-0.39, 0.29) is 41.0 Å². The van der Waals surface area contributed by atoms with Gasteiger partial charge in [-0.3, -0.25) is 0 Å². The molecule has 0 aromatic heterocycles. The molecule has 0 aliphatic carbocycles. The average Bonchev–Trinajstić information content (AvgIpc) is 0.689. The number of anilines is 5. The summed E-state index contributed by atoms with van der Waals surface area (Å²) in [6.07, 6.45) is 2.36. The van der Waals surface area contributed by atoms with Crippen molar-refractivity contribution in [3.63, 3.8) is 0 Å². The zero-order valence-electron chi connectivity index (χ0n) is 57.4. The normalized spacial score (nSPS) is 13.9. The average molecular weight is 1220 g/mol. The second-order valence-electron chi connectivity index (χ2n) is 31.1. The summed E-state index contributed by atoms with van der Waals surface area (Å²) in [5.41, 5.74) is 30.0. The predicted molar refractivity (Wildman–Crippen MR) is 403 cm³/mol. The van der Waals surface area contributed by atoms with Gasteiger partial charge < -0.3 is 19.3 Å². The van der Waals surface area contributed by atoms with Gasteiger partial charge in [-0.2, -0.15) is 0 Å². The van der Waals surface area contributed by atoms with Crippen molar-refractivity contribution in [3.05, 3.63) is 258 Å². The van der Waals surface area contributed by atoms with E-state index >= 15 is 0 Å². The molecule has 94 heavy (non-hydrogen) atoms. The third-order valence-electron chi connectivity index (χ3n) is 20.3. The highest BCUT2D eigenvalue weighted by Crippen LogP contribution is 2.53. The van der Waals surface area contributed by atoms with Crippen LogP contribution in [-0.4, -0.2) is 13.4 Å². The fourth-order valence-electron chi connectivity index (χ4n) is 15.1. The molecule has 4 nitrogen and oxygen atoms in total. The molecule has 0 spiro atoms. The first-order valence-corrected chi connectivity index (χ1v) is 33.9. The smallest absolute Gasteiger partial charge is 0.256 e. The van der Waals surface area contributed by atoms with Gasteiger partial charge in [-0.25, -0.2) is 0 Å². The van der Waals surface area contributed by atoms with E-state index in [0.717, 1.165) is 101 Å². The zero-order chi connectivity index (χ0) is 65.5. The van der Waals surface area contributed by atoms with Crippen molar-refractivity contribution >= 4 is 74.6 Å². The van der Waals surface area contributed by atoms with Crippen LogP contribution in [0.3, 0.4) is 0 Å². The minimum Gasteiger partial charge on any atom is -0.458 e. The lowest BCUT2D eigenvalue weighted by atomic mass is 9.30. The third kappa shape index (κ3) is 10.3. The number of ether oxygens (including phenoxy) is 2. The first kappa shape index (κ1) is 60.7. The SMILES string of the molecule is CC=C(C(C)C)N1c2cc3c(cc2B2c4ccc(-c5ccccc5)cc4Oc4cc(-c5cc(C(C)(C)C)cc(C(C)(C)C)c5)cc1c42)B1c2ccc(-c4ccccc4)cc2Oc2cc(C(C)(C)C)cc(c21)N3c1c(-c2ccccc2)cc(C(C)(C)C)cc1-c1ccccc1. The maximum absolute atomic E-state index is 7.59. The van der Waals surface area contributed by atoms with Gasteiger partial charge in [0.15, 0.2) is 0 Å². The highest BCUT2D eigenvalue weighted by atomic mass is 16.5. The van der Waals surface area contributed by atoms with E-state index in [1.165, 1.54) is 66.5 Å². The molecule has 0 saturated heterocycles. The molecule has 4 heterocycles. The molecule has 0 atom stereocenters. The summed E-state index contributed by atoms with van der Waals surface area (Å²) in [6.45, 7) is 34.6. The van der Waals surface area contributed by atoms with Gasteiger partial charge in [-0.1, -0.05) is 273 Å². The van der Waals surface area contributed by atoms with Gasteiger partial charge in [0.1, 0.15) is 23.0 Å². The predicted octanol–water partition coefficient (Wildman–Crippen LogP) is 20.2. The van der Waals surface area contributed by atoms with Crippen molar-refractivity contribution < 1.29 is 9.47 Å². The van der Waals surface area contributed by atoms with Crippen LogP contribution in [0.25, 0.3) is 55.6 Å². The molecule has 0 bridgehead atoms. The van der Waals surface area contributed by atoms with Crippen molar-refractivity contribution in [2.24, 2.45) is 5.92 Å². The molecule has 0 saturated carbocycles. The molecule has 15 rings (SSSR count). The highest BCUT2D eigenvalue weighted by molar-refractivity contribution is 7.02. The summed E-state index contributed by atoms with van der Waals surface area (Å²) in [4.78, 5) is 5.32. The maximum atomic E-state index is 7.59. The Morgan fingerprint density at radius 2 is 0.745 bits per heavy atom. The topological polar surface area (TPSA) is 24.9 Å². The molecule has 4 aliphatic rings. The van der Waals surface area contributed by atoms with Crippen LogP contribution in [0.1, 0.15) is 126 Å². The van der Waals surface area contributed by atoms with Crippen molar-refractivity contribution in [1.29, 1.82) is 0 Å². The minimum atomic E-state index is -0.246. The first-order chi connectivity index (χ1) is 44.9. The van der Waals surface area contributed by atoms with E-state index in [9.17, 15) is 0 Å². The van der Waals surface area contributed by atoms with Gasteiger partial charge in [-0.15, -0.1) is 0 Å². The number of hydrogen-bond acceptors (Lipinski definition) is 4. The Bertz CT molecular complexity index is 4770. The number of benzene rings is 11. The van der Waals surface area contributed by atoms with Crippen molar-refractivity contribution in [2.45, 2.75) is 126 Å². The lowest BCUT2D eigenvalue weighted by Gasteiger charge is -2.46. The molecule has 11 aromatic rings. The maximum Gasteiger partial charge on any atom is 0.256 e. The second-order valence-corrected chi connectivity index (χ2v) is 31.1. The Hall–Kier alpha value is -9.51. The zero-order valence-corrected chi connectivity index (χ0v) is 57.4. The van der Waals surface area contributed by atoms with Crippen LogP contribution in [-0.2, 0) is 21.7 Å². The van der Waals surface area contributed by atoms with Crippen molar-refractivity contribution in [2.75, 3.05) is 9.80 Å². The van der Waals surface area contributed by atoms with E-state index in [1.54, 1.807) is 0 Å². The second kappa shape index (κ2) is 22.3. The molecular weight excluding hydrogens is 1140 g/mol. The van der Waals surface area contributed by atoms with Gasteiger partial charge in [-0.05, 0) is 189 Å². The number of fused-ring (bicyclic) bond motifs is 8. The molecule has 4 aliphatic heterocycles. The van der Waals surface area contributed by atoms with Crippen LogP contribution in [0.4, 0.5) is 28.4 Å². The number of rotatable bonds is 8. The Kier molecular flexibility index (Phi) is 14.4. The molecule has 6 heteroatoms. The third-order valence-corrected chi connectivity index (χ3v) is 20.3. The Morgan fingerprint density at radius 1 is 0.340 bits per heavy atom. The summed E-state index contributed by atoms with van der Waals surface area (Å²) in [6, 6.07) is 84.9. The lowest BCUT2D eigenvalue weighted by molar-refractivity contribution is 0.483. The van der Waals surface area contributed by atoms with Crippen molar-refractivity contribution in [1.82, 2.24) is 0 Å². The standard InChI is InChI=1S/C88H84B2N2O2/c1-16-73(54(2)3)91-74-53-75-72(52-71(74)89-69-39-37-59(55-29-21-17-22-30-55)44-78(69)93-80-46-62(43-76(91)82(80)89)61-41-63(85(4,5)6)47-64(42-61)86(7,8)9)90-70-40-38-60(56-31-23-18-24-32-56)45-79(70)94-81-51-66(88(13,14)15)50-77(83(81)90)92(75)84-67(57-33-25-19-26-34-57)48-65(87(10,11)12)49-68(84)58-35-27-20-28-36-58/h16-54H,1-15H3. The van der Waals surface area contributed by atoms with Gasteiger partial charge >= 0.3 is 0 Å². The molecule has 464 valence electrons. The Labute approximate surface area is 559 Å². The molecule has 0 N–H and O–H groups in total. The quantitative estimate of drug-likeness (QED) is 0.142. The van der Waals surface area contributed by atoms with E-state index < -0.39 is 0 Å². The van der Waals surface area contributed by atoms with Crippen LogP contribution < -0.4 is 52.1 Å². The van der Waals surface area contributed by atoms with Gasteiger partial charge in [0.2, 0.25) is 0 Å².